The summed E-state index contributed by atoms with van der Waals surface area (Å²) in [6.07, 6.45) is -0.153. The van der Waals surface area contributed by atoms with Crippen molar-refractivity contribution in [2.75, 3.05) is 6.54 Å². The molecule has 0 aliphatic carbocycles. The van der Waals surface area contributed by atoms with E-state index in [4.69, 9.17) is 11.6 Å². The van der Waals surface area contributed by atoms with Crippen molar-refractivity contribution in [2.45, 2.75) is 30.7 Å². The van der Waals surface area contributed by atoms with Crippen LogP contribution in [0.25, 0.3) is 0 Å². The first-order valence-electron chi connectivity index (χ1n) is 5.94. The highest BCUT2D eigenvalue weighted by Gasteiger charge is 2.57. The van der Waals surface area contributed by atoms with Crippen molar-refractivity contribution in [1.82, 2.24) is 0 Å². The molecule has 1 unspecified atom stereocenters. The van der Waals surface area contributed by atoms with Crippen LogP contribution < -0.4 is 0 Å². The summed E-state index contributed by atoms with van der Waals surface area (Å²) in [5.41, 5.74) is 0. The Balaban J connectivity index is 2.59. The molecular weight excluding hydrogens is 290 g/mol. The van der Waals surface area contributed by atoms with Crippen LogP contribution in [0.15, 0.2) is 29.2 Å². The normalized spacial score (nSPS) is 27.4. The number of sulfonamides is 1. The third-order valence-electron chi connectivity index (χ3n) is 3.69. The fourth-order valence-corrected chi connectivity index (χ4v) is 4.73. The number of halogens is 1. The minimum absolute atomic E-state index is 0.00644. The number of hydrogen-bond donors (Lipinski definition) is 1. The predicted octanol–water partition coefficient (Wildman–Crippen LogP) is 2.71. The van der Waals surface area contributed by atoms with E-state index in [1.165, 1.54) is 24.3 Å². The lowest BCUT2D eigenvalue weighted by Gasteiger charge is -2.30. The summed E-state index contributed by atoms with van der Waals surface area (Å²) >= 11 is 5.73. The van der Waals surface area contributed by atoms with Crippen LogP contribution in [-0.2, 0) is 10.0 Å². The molecule has 104 valence electrons. The van der Waals surface area contributed by atoms with Crippen LogP contribution in [0.3, 0.4) is 0 Å². The van der Waals surface area contributed by atoms with Crippen molar-refractivity contribution < 1.29 is 22.2 Å². The third kappa shape index (κ3) is 2.04. The molecule has 1 heterocycles. The van der Waals surface area contributed by atoms with E-state index in [0.29, 0.717) is 17.9 Å². The van der Waals surface area contributed by atoms with Gasteiger partial charge in [-0.25, -0.2) is 0 Å². The standard InChI is InChI=1S/C12H14ClNO4S/c1-9-3-2-8-14(9,12(15)16)19(17,18)11-6-4-10(13)5-7-11/h4-7,9H,2-3,8H2,1H3/p+1/t9-,14?/m1/s1. The van der Waals surface area contributed by atoms with Gasteiger partial charge in [-0.2, -0.15) is 13.2 Å². The van der Waals surface area contributed by atoms with Gasteiger partial charge in [-0.3, -0.25) is 0 Å². The molecule has 0 radical (unpaired) electrons. The van der Waals surface area contributed by atoms with Crippen LogP contribution >= 0.6 is 11.6 Å². The van der Waals surface area contributed by atoms with Crippen LogP contribution in [0.5, 0.6) is 0 Å². The van der Waals surface area contributed by atoms with Crippen molar-refractivity contribution in [3.05, 3.63) is 29.3 Å². The molecule has 2 atom stereocenters. The molecule has 2 rings (SSSR count). The van der Waals surface area contributed by atoms with Gasteiger partial charge in [0.05, 0.1) is 0 Å². The lowest BCUT2D eigenvalue weighted by molar-refractivity contribution is -0.741. The van der Waals surface area contributed by atoms with Crippen molar-refractivity contribution in [2.24, 2.45) is 0 Å². The summed E-state index contributed by atoms with van der Waals surface area (Å²) in [6, 6.07) is 5.15. The molecule has 0 spiro atoms. The monoisotopic (exact) mass is 304 g/mol. The molecular formula is C12H15ClNO4S+. The minimum atomic E-state index is -3.99. The van der Waals surface area contributed by atoms with Crippen LogP contribution in [0.1, 0.15) is 19.8 Å². The maximum atomic E-state index is 12.7. The van der Waals surface area contributed by atoms with Gasteiger partial charge in [-0.1, -0.05) is 11.6 Å². The number of amides is 1. The van der Waals surface area contributed by atoms with Crippen LogP contribution in [0.2, 0.25) is 5.02 Å². The van der Waals surface area contributed by atoms with Crippen molar-refractivity contribution >= 4 is 27.7 Å². The van der Waals surface area contributed by atoms with Crippen molar-refractivity contribution in [3.8, 4) is 0 Å². The van der Waals surface area contributed by atoms with E-state index in [1.54, 1.807) is 6.92 Å². The molecule has 7 heteroatoms. The SMILES string of the molecule is C[C@@H]1CCC[N+]1(C(=O)O)S(=O)(=O)c1ccc(Cl)cc1. The molecule has 1 aromatic rings. The summed E-state index contributed by atoms with van der Waals surface area (Å²) in [5.74, 6) is 0. The first kappa shape index (κ1) is 14.3. The first-order chi connectivity index (χ1) is 8.82. The van der Waals surface area contributed by atoms with E-state index in [0.717, 1.165) is 0 Å². The zero-order valence-electron chi connectivity index (χ0n) is 10.4. The van der Waals surface area contributed by atoms with Gasteiger partial charge in [0.25, 0.3) is 0 Å². The number of likely N-dealkylation sites (tertiary alicyclic amines) is 1. The van der Waals surface area contributed by atoms with Gasteiger partial charge in [0.15, 0.2) is 0 Å². The maximum absolute atomic E-state index is 12.7. The van der Waals surface area contributed by atoms with Crippen molar-refractivity contribution in [3.63, 3.8) is 0 Å². The fraction of sp³-hybridized carbons (Fsp3) is 0.417. The lowest BCUT2D eigenvalue weighted by atomic mass is 10.2. The molecule has 0 aromatic heterocycles. The summed E-state index contributed by atoms with van der Waals surface area (Å²) in [6.45, 7) is 1.76. The Kier molecular flexibility index (Phi) is 3.59. The highest BCUT2D eigenvalue weighted by atomic mass is 35.5. The second kappa shape index (κ2) is 4.77. The summed E-state index contributed by atoms with van der Waals surface area (Å²) in [7, 11) is -3.99. The van der Waals surface area contributed by atoms with Gasteiger partial charge >= 0.3 is 16.1 Å². The van der Waals surface area contributed by atoms with Gasteiger partial charge in [0.1, 0.15) is 17.5 Å². The Bertz CT molecular complexity index is 599. The van der Waals surface area contributed by atoms with Crippen LogP contribution in [0.4, 0.5) is 4.79 Å². The summed E-state index contributed by atoms with van der Waals surface area (Å²) < 4.78 is 24.4. The molecule has 1 aromatic carbocycles. The number of hydrogen-bond acceptors (Lipinski definition) is 3. The van der Waals surface area contributed by atoms with Gasteiger partial charge in [0, 0.05) is 17.9 Å². The van der Waals surface area contributed by atoms with E-state index < -0.39 is 26.0 Å². The highest BCUT2D eigenvalue weighted by molar-refractivity contribution is 7.86. The highest BCUT2D eigenvalue weighted by Crippen LogP contribution is 2.35. The summed E-state index contributed by atoms with van der Waals surface area (Å²) in [4.78, 5) is 11.6. The Morgan fingerprint density at radius 1 is 1.37 bits per heavy atom. The van der Waals surface area contributed by atoms with Crippen LogP contribution in [0, 0.1) is 0 Å². The quantitative estimate of drug-likeness (QED) is 0.853. The number of benzene rings is 1. The van der Waals surface area contributed by atoms with Gasteiger partial charge in [-0.05, 0) is 31.2 Å². The number of nitrogens with zero attached hydrogens (tertiary/aromatic N) is 1. The average molecular weight is 305 g/mol. The number of quaternary nitrogens is 1. The molecule has 0 bridgehead atoms. The molecule has 1 N–H and O–H groups in total. The fourth-order valence-electron chi connectivity index (χ4n) is 2.59. The third-order valence-corrected chi connectivity index (χ3v) is 6.36. The van der Waals surface area contributed by atoms with E-state index in [-0.39, 0.29) is 11.4 Å². The maximum Gasteiger partial charge on any atom is 0.529 e. The lowest BCUT2D eigenvalue weighted by Crippen LogP contribution is -2.58. The summed E-state index contributed by atoms with van der Waals surface area (Å²) in [5, 5.41) is 9.87. The second-order valence-corrected chi connectivity index (χ2v) is 7.23. The van der Waals surface area contributed by atoms with Gasteiger partial charge in [-0.15, -0.1) is 3.89 Å². The average Bonchev–Trinajstić information content (AvgIpc) is 2.73. The molecule has 1 aliphatic heterocycles. The molecule has 1 fully saturated rings. The molecule has 1 aliphatic rings. The Hall–Kier alpha value is -1.11. The zero-order chi connectivity index (χ0) is 14.3. The molecule has 1 saturated heterocycles. The zero-order valence-corrected chi connectivity index (χ0v) is 12.0. The largest absolute Gasteiger partial charge is 0.529 e. The smallest absolute Gasteiger partial charge is 0.435 e. The molecule has 5 nitrogen and oxygen atoms in total. The molecule has 19 heavy (non-hydrogen) atoms. The van der Waals surface area contributed by atoms with Crippen molar-refractivity contribution in [1.29, 1.82) is 0 Å². The molecule has 1 amide bonds. The topological polar surface area (TPSA) is 71.4 Å². The second-order valence-electron chi connectivity index (χ2n) is 4.72. The molecule has 0 saturated carbocycles. The van der Waals surface area contributed by atoms with E-state index in [1.807, 2.05) is 0 Å². The van der Waals surface area contributed by atoms with Crippen LogP contribution in [-0.4, -0.2) is 36.1 Å². The van der Waals surface area contributed by atoms with E-state index in [9.17, 15) is 18.3 Å². The Morgan fingerprint density at radius 2 is 1.95 bits per heavy atom. The van der Waals surface area contributed by atoms with Gasteiger partial charge < -0.3 is 5.11 Å². The predicted molar refractivity (Wildman–Crippen MR) is 70.5 cm³/mol. The minimum Gasteiger partial charge on any atom is -0.435 e. The Morgan fingerprint density at radius 3 is 2.37 bits per heavy atom. The number of carbonyl (C=O) groups is 1. The Labute approximate surface area is 117 Å². The number of carboxylic acid groups (broad SMARTS) is 1. The van der Waals surface area contributed by atoms with E-state index >= 15 is 0 Å². The first-order valence-corrected chi connectivity index (χ1v) is 7.76. The van der Waals surface area contributed by atoms with E-state index in [2.05, 4.69) is 0 Å². The number of rotatable bonds is 2. The van der Waals surface area contributed by atoms with Gasteiger partial charge in [0.2, 0.25) is 0 Å².